The van der Waals surface area contributed by atoms with E-state index in [0.29, 0.717) is 0 Å². The molecule has 2 rings (SSSR count). The lowest BCUT2D eigenvalue weighted by molar-refractivity contribution is 0.886. The van der Waals surface area contributed by atoms with Crippen LogP contribution in [0.5, 0.6) is 0 Å². The number of benzene rings is 1. The molecule has 0 aliphatic heterocycles. The van der Waals surface area contributed by atoms with Gasteiger partial charge in [0.15, 0.2) is 0 Å². The van der Waals surface area contributed by atoms with Crippen LogP contribution in [-0.2, 0) is 0 Å². The summed E-state index contributed by atoms with van der Waals surface area (Å²) >= 11 is 7.95. The van der Waals surface area contributed by atoms with E-state index in [2.05, 4.69) is 0 Å². The van der Waals surface area contributed by atoms with Crippen molar-refractivity contribution in [3.8, 4) is 0 Å². The van der Waals surface area contributed by atoms with Gasteiger partial charge in [-0.3, -0.25) is 0 Å². The van der Waals surface area contributed by atoms with Gasteiger partial charge < -0.3 is 5.73 Å². The molecule has 76 valence electrons. The molecule has 1 nitrogen and oxygen atoms in total. The van der Waals surface area contributed by atoms with E-state index in [1.54, 1.807) is 0 Å². The lowest BCUT2D eigenvalue weighted by Gasteiger charge is -2.12. The second kappa shape index (κ2) is 4.45. The first kappa shape index (κ1) is 10.2. The summed E-state index contributed by atoms with van der Waals surface area (Å²) in [4.78, 5) is 1.07. The summed E-state index contributed by atoms with van der Waals surface area (Å²) in [6.07, 6.45) is 5.30. The first-order valence-corrected chi connectivity index (χ1v) is 6.24. The van der Waals surface area contributed by atoms with E-state index in [1.165, 1.54) is 25.7 Å². The lowest BCUT2D eigenvalue weighted by atomic mass is 10.3. The normalized spacial score (nSPS) is 17.5. The van der Waals surface area contributed by atoms with Gasteiger partial charge in [0.25, 0.3) is 0 Å². The number of hydrogen-bond donors (Lipinski definition) is 1. The maximum absolute atomic E-state index is 6.11. The van der Waals surface area contributed by atoms with Crippen molar-refractivity contribution >= 4 is 29.1 Å². The number of anilines is 1. The second-order valence-corrected chi connectivity index (χ2v) is 5.40. The van der Waals surface area contributed by atoms with Crippen LogP contribution in [0.1, 0.15) is 25.7 Å². The Hall–Kier alpha value is -0.340. The lowest BCUT2D eigenvalue weighted by Crippen LogP contribution is -1.96. The molecule has 1 aromatic rings. The third-order valence-corrected chi connectivity index (χ3v) is 4.51. The van der Waals surface area contributed by atoms with Gasteiger partial charge >= 0.3 is 0 Å². The molecular formula is C11H14ClNS. The topological polar surface area (TPSA) is 26.0 Å². The molecule has 1 aromatic carbocycles. The number of nitrogens with two attached hydrogens (primary N) is 1. The number of nitrogen functional groups attached to an aromatic ring is 1. The fourth-order valence-corrected chi connectivity index (χ4v) is 3.43. The molecule has 0 unspecified atom stereocenters. The third-order valence-electron chi connectivity index (χ3n) is 2.58. The van der Waals surface area contributed by atoms with E-state index in [9.17, 15) is 0 Å². The summed E-state index contributed by atoms with van der Waals surface area (Å²) in [6, 6.07) is 5.73. The Labute approximate surface area is 94.0 Å². The van der Waals surface area contributed by atoms with Crippen molar-refractivity contribution < 1.29 is 0 Å². The second-order valence-electron chi connectivity index (χ2n) is 3.68. The van der Waals surface area contributed by atoms with Crippen molar-refractivity contribution in [2.75, 3.05) is 5.73 Å². The maximum atomic E-state index is 6.11. The van der Waals surface area contributed by atoms with Crippen molar-refractivity contribution in [2.24, 2.45) is 0 Å². The monoisotopic (exact) mass is 227 g/mol. The zero-order chi connectivity index (χ0) is 9.97. The number of thioether (sulfide) groups is 1. The van der Waals surface area contributed by atoms with Crippen LogP contribution in [0, 0.1) is 0 Å². The van der Waals surface area contributed by atoms with Gasteiger partial charge in [-0.2, -0.15) is 0 Å². The Balaban J connectivity index is 2.14. The number of hydrogen-bond acceptors (Lipinski definition) is 2. The van der Waals surface area contributed by atoms with Crippen LogP contribution in [0.3, 0.4) is 0 Å². The van der Waals surface area contributed by atoms with Crippen LogP contribution in [0.25, 0.3) is 0 Å². The van der Waals surface area contributed by atoms with Gasteiger partial charge in [0.1, 0.15) is 0 Å². The van der Waals surface area contributed by atoms with Gasteiger partial charge in [-0.15, -0.1) is 11.8 Å². The molecule has 2 N–H and O–H groups in total. The Kier molecular flexibility index (Phi) is 3.24. The summed E-state index contributed by atoms with van der Waals surface area (Å²) in [5.74, 6) is 0. The van der Waals surface area contributed by atoms with Crippen LogP contribution < -0.4 is 5.73 Å². The van der Waals surface area contributed by atoms with Crippen LogP contribution in [0.4, 0.5) is 5.69 Å². The molecule has 0 heterocycles. The van der Waals surface area contributed by atoms with Gasteiger partial charge in [-0.25, -0.2) is 0 Å². The highest BCUT2D eigenvalue weighted by Crippen LogP contribution is 2.40. The molecule has 0 bridgehead atoms. The molecule has 1 aliphatic rings. The molecule has 1 aliphatic carbocycles. The first-order chi connectivity index (χ1) is 6.77. The molecular weight excluding hydrogens is 214 g/mol. The van der Waals surface area contributed by atoms with Crippen molar-refractivity contribution in [3.63, 3.8) is 0 Å². The summed E-state index contributed by atoms with van der Waals surface area (Å²) in [7, 11) is 0. The highest BCUT2D eigenvalue weighted by molar-refractivity contribution is 8.00. The maximum Gasteiger partial charge on any atom is 0.0562 e. The van der Waals surface area contributed by atoms with E-state index >= 15 is 0 Å². The zero-order valence-electron chi connectivity index (χ0n) is 8.00. The highest BCUT2D eigenvalue weighted by Gasteiger charge is 2.18. The molecule has 0 spiro atoms. The Bertz CT molecular complexity index is 301. The van der Waals surface area contributed by atoms with Crippen LogP contribution in [-0.4, -0.2) is 5.25 Å². The van der Waals surface area contributed by atoms with E-state index in [1.807, 2.05) is 30.0 Å². The molecule has 0 saturated heterocycles. The third kappa shape index (κ3) is 2.18. The van der Waals surface area contributed by atoms with E-state index < -0.39 is 0 Å². The Morgan fingerprint density at radius 1 is 1.29 bits per heavy atom. The quantitative estimate of drug-likeness (QED) is 0.775. The van der Waals surface area contributed by atoms with Gasteiger partial charge in [0, 0.05) is 15.8 Å². The minimum Gasteiger partial charge on any atom is -0.398 e. The predicted octanol–water partition coefficient (Wildman–Crippen LogP) is 3.96. The first-order valence-electron chi connectivity index (χ1n) is 4.98. The van der Waals surface area contributed by atoms with Crippen LogP contribution >= 0.6 is 23.4 Å². The SMILES string of the molecule is Nc1cccc(Cl)c1SC1CCCC1. The average molecular weight is 228 g/mol. The smallest absolute Gasteiger partial charge is 0.0562 e. The molecule has 3 heteroatoms. The zero-order valence-corrected chi connectivity index (χ0v) is 9.57. The van der Waals surface area contributed by atoms with E-state index in [0.717, 1.165) is 20.9 Å². The van der Waals surface area contributed by atoms with Crippen molar-refractivity contribution in [1.82, 2.24) is 0 Å². The molecule has 1 saturated carbocycles. The predicted molar refractivity (Wildman–Crippen MR) is 64.0 cm³/mol. The standard InChI is InChI=1S/C11H14ClNS/c12-9-6-3-7-10(13)11(9)14-8-4-1-2-5-8/h3,6-8H,1-2,4-5,13H2. The number of rotatable bonds is 2. The van der Waals surface area contributed by atoms with E-state index in [4.69, 9.17) is 17.3 Å². The molecule has 0 atom stereocenters. The van der Waals surface area contributed by atoms with Gasteiger partial charge in [-0.05, 0) is 25.0 Å². The average Bonchev–Trinajstić information content (AvgIpc) is 2.64. The molecule has 0 radical (unpaired) electrons. The van der Waals surface area contributed by atoms with Crippen molar-refractivity contribution in [3.05, 3.63) is 23.2 Å². The molecule has 0 amide bonds. The molecule has 0 aromatic heterocycles. The van der Waals surface area contributed by atoms with Gasteiger partial charge in [0.05, 0.1) is 5.02 Å². The van der Waals surface area contributed by atoms with Crippen molar-refractivity contribution in [2.45, 2.75) is 35.8 Å². The largest absolute Gasteiger partial charge is 0.398 e. The minimum absolute atomic E-state index is 0.720. The highest BCUT2D eigenvalue weighted by atomic mass is 35.5. The summed E-state index contributed by atoms with van der Waals surface area (Å²) in [5, 5.41) is 1.51. The van der Waals surface area contributed by atoms with E-state index in [-0.39, 0.29) is 0 Å². The van der Waals surface area contributed by atoms with Crippen LogP contribution in [0.15, 0.2) is 23.1 Å². The Morgan fingerprint density at radius 3 is 2.64 bits per heavy atom. The summed E-state index contributed by atoms with van der Waals surface area (Å²) < 4.78 is 0. The molecule has 1 fully saturated rings. The fourth-order valence-electron chi connectivity index (χ4n) is 1.82. The summed E-state index contributed by atoms with van der Waals surface area (Å²) in [5.41, 5.74) is 6.71. The number of halogens is 1. The van der Waals surface area contributed by atoms with Crippen molar-refractivity contribution in [1.29, 1.82) is 0 Å². The van der Waals surface area contributed by atoms with Gasteiger partial charge in [0.2, 0.25) is 0 Å². The fraction of sp³-hybridized carbons (Fsp3) is 0.455. The minimum atomic E-state index is 0.720. The van der Waals surface area contributed by atoms with Crippen LogP contribution in [0.2, 0.25) is 5.02 Å². The molecule has 14 heavy (non-hydrogen) atoms. The van der Waals surface area contributed by atoms with Gasteiger partial charge in [-0.1, -0.05) is 30.5 Å². The Morgan fingerprint density at radius 2 is 2.00 bits per heavy atom. The summed E-state index contributed by atoms with van der Waals surface area (Å²) in [6.45, 7) is 0.